The molecule has 176 valence electrons. The van der Waals surface area contributed by atoms with Crippen LogP contribution in [0.5, 0.6) is 0 Å². The molecular formula is C26H32ClN3O3. The topological polar surface area (TPSA) is 64.1 Å². The summed E-state index contributed by atoms with van der Waals surface area (Å²) in [4.78, 5) is 31.0. The number of likely N-dealkylation sites (tertiary alicyclic amines) is 2. The van der Waals surface area contributed by atoms with Gasteiger partial charge < -0.3 is 19.8 Å². The van der Waals surface area contributed by atoms with E-state index in [0.29, 0.717) is 24.7 Å². The minimum Gasteiger partial charge on any atom is -0.384 e. The molecule has 2 saturated heterocycles. The highest BCUT2D eigenvalue weighted by molar-refractivity contribution is 6.30. The van der Waals surface area contributed by atoms with Gasteiger partial charge in [-0.05, 0) is 62.2 Å². The van der Waals surface area contributed by atoms with Crippen molar-refractivity contribution in [1.82, 2.24) is 9.80 Å². The van der Waals surface area contributed by atoms with Gasteiger partial charge in [0.1, 0.15) is 5.60 Å². The Morgan fingerprint density at radius 3 is 2.58 bits per heavy atom. The average molecular weight is 470 g/mol. The van der Waals surface area contributed by atoms with Crippen molar-refractivity contribution < 1.29 is 14.7 Å². The highest BCUT2D eigenvalue weighted by atomic mass is 35.5. The fourth-order valence-electron chi connectivity index (χ4n) is 4.99. The Labute approximate surface area is 200 Å². The lowest BCUT2D eigenvalue weighted by Crippen LogP contribution is -2.47. The van der Waals surface area contributed by atoms with E-state index in [9.17, 15) is 14.7 Å². The summed E-state index contributed by atoms with van der Waals surface area (Å²) in [6.07, 6.45) is 2.70. The number of para-hydroxylation sites is 1. The van der Waals surface area contributed by atoms with Crippen molar-refractivity contribution >= 4 is 29.1 Å². The fraction of sp³-hybridized carbons (Fsp3) is 0.462. The lowest BCUT2D eigenvalue weighted by Gasteiger charge is -2.40. The number of carbonyl (C=O) groups excluding carboxylic acids is 2. The zero-order valence-corrected chi connectivity index (χ0v) is 19.9. The Hall–Kier alpha value is -2.41. The first kappa shape index (κ1) is 23.7. The van der Waals surface area contributed by atoms with Gasteiger partial charge in [-0.1, -0.05) is 41.9 Å². The third kappa shape index (κ3) is 5.57. The second kappa shape index (κ2) is 10.2. The van der Waals surface area contributed by atoms with Crippen LogP contribution >= 0.6 is 11.6 Å². The molecule has 0 aliphatic carbocycles. The number of carbonyl (C=O) groups is 2. The summed E-state index contributed by atoms with van der Waals surface area (Å²) in [5.41, 5.74) is 0.876. The van der Waals surface area contributed by atoms with Gasteiger partial charge in [-0.25, -0.2) is 0 Å². The average Bonchev–Trinajstić information content (AvgIpc) is 3.15. The Morgan fingerprint density at radius 2 is 1.91 bits per heavy atom. The quantitative estimate of drug-likeness (QED) is 0.673. The van der Waals surface area contributed by atoms with E-state index < -0.39 is 5.60 Å². The molecule has 0 saturated carbocycles. The molecule has 2 amide bonds. The lowest BCUT2D eigenvalue weighted by molar-refractivity contribution is -0.127. The van der Waals surface area contributed by atoms with Crippen LogP contribution in [-0.2, 0) is 15.2 Å². The molecule has 0 aromatic heterocycles. The normalized spacial score (nSPS) is 23.7. The SMILES string of the molecule is CN1CC(C(=O)N(CCCN2CCCC(O)(c3ccc(Cl)cc3)C2)c2ccccc2)CC1=O. The van der Waals surface area contributed by atoms with Crippen LogP contribution in [-0.4, -0.2) is 66.5 Å². The maximum Gasteiger partial charge on any atom is 0.232 e. The first-order chi connectivity index (χ1) is 15.9. The largest absolute Gasteiger partial charge is 0.384 e. The molecule has 0 bridgehead atoms. The molecule has 2 fully saturated rings. The van der Waals surface area contributed by atoms with Crippen LogP contribution in [0.3, 0.4) is 0 Å². The van der Waals surface area contributed by atoms with E-state index >= 15 is 0 Å². The van der Waals surface area contributed by atoms with Gasteiger partial charge in [0.05, 0.1) is 5.92 Å². The van der Waals surface area contributed by atoms with Crippen LogP contribution in [0, 0.1) is 5.92 Å². The summed E-state index contributed by atoms with van der Waals surface area (Å²) in [5.74, 6) is -0.265. The number of β-amino-alcohol motifs (C(OH)–C–C–N with tert-alkyl or cyclic N) is 1. The van der Waals surface area contributed by atoms with Crippen molar-refractivity contribution in [1.29, 1.82) is 0 Å². The van der Waals surface area contributed by atoms with Crippen molar-refractivity contribution in [3.05, 3.63) is 65.2 Å². The molecule has 2 aliphatic heterocycles. The van der Waals surface area contributed by atoms with Crippen LogP contribution in [0.25, 0.3) is 0 Å². The van der Waals surface area contributed by atoms with Gasteiger partial charge in [0.25, 0.3) is 0 Å². The zero-order chi connectivity index (χ0) is 23.4. The van der Waals surface area contributed by atoms with Gasteiger partial charge >= 0.3 is 0 Å². The first-order valence-corrected chi connectivity index (χ1v) is 12.0. The molecule has 2 aromatic rings. The van der Waals surface area contributed by atoms with E-state index in [4.69, 9.17) is 11.6 Å². The zero-order valence-electron chi connectivity index (χ0n) is 19.1. The van der Waals surface area contributed by atoms with Crippen LogP contribution < -0.4 is 4.90 Å². The molecule has 4 rings (SSSR count). The van der Waals surface area contributed by atoms with Crippen molar-refractivity contribution in [3.8, 4) is 0 Å². The second-order valence-corrected chi connectivity index (χ2v) is 9.71. The number of benzene rings is 2. The van der Waals surface area contributed by atoms with Gasteiger partial charge in [-0.15, -0.1) is 0 Å². The maximum absolute atomic E-state index is 13.3. The molecule has 6 nitrogen and oxygen atoms in total. The summed E-state index contributed by atoms with van der Waals surface area (Å²) in [7, 11) is 1.75. The van der Waals surface area contributed by atoms with Gasteiger partial charge in [0, 0.05) is 43.8 Å². The Kier molecular flexibility index (Phi) is 7.37. The molecular weight excluding hydrogens is 438 g/mol. The molecule has 1 N–H and O–H groups in total. The molecule has 2 heterocycles. The number of amides is 2. The molecule has 7 heteroatoms. The van der Waals surface area contributed by atoms with E-state index in [2.05, 4.69) is 4.90 Å². The number of nitrogens with zero attached hydrogens (tertiary/aromatic N) is 3. The molecule has 33 heavy (non-hydrogen) atoms. The van der Waals surface area contributed by atoms with Crippen molar-refractivity contribution in [3.63, 3.8) is 0 Å². The minimum absolute atomic E-state index is 0.00946. The highest BCUT2D eigenvalue weighted by Gasteiger charge is 2.36. The Bertz CT molecular complexity index is 969. The number of hydrogen-bond donors (Lipinski definition) is 1. The first-order valence-electron chi connectivity index (χ1n) is 11.7. The van der Waals surface area contributed by atoms with Crippen molar-refractivity contribution in [2.75, 3.05) is 44.7 Å². The highest BCUT2D eigenvalue weighted by Crippen LogP contribution is 2.32. The van der Waals surface area contributed by atoms with Gasteiger partial charge in [0.15, 0.2) is 0 Å². The minimum atomic E-state index is -0.882. The van der Waals surface area contributed by atoms with E-state index in [1.165, 1.54) is 0 Å². The third-order valence-corrected chi connectivity index (χ3v) is 7.06. The molecule has 2 unspecified atom stereocenters. The number of aliphatic hydroxyl groups is 1. The Balaban J connectivity index is 1.39. The predicted molar refractivity (Wildman–Crippen MR) is 130 cm³/mol. The third-order valence-electron chi connectivity index (χ3n) is 6.81. The number of hydrogen-bond acceptors (Lipinski definition) is 4. The van der Waals surface area contributed by atoms with Crippen LogP contribution in [0.4, 0.5) is 5.69 Å². The second-order valence-electron chi connectivity index (χ2n) is 9.27. The van der Waals surface area contributed by atoms with E-state index in [0.717, 1.165) is 43.6 Å². The summed E-state index contributed by atoms with van der Waals surface area (Å²) in [6.45, 7) is 3.33. The number of halogens is 1. The predicted octanol–water partition coefficient (Wildman–Crippen LogP) is 3.53. The standard InChI is InChI=1S/C26H32ClN3O3/c1-28-18-20(17-24(28)31)25(32)30(23-7-3-2-4-8-23)16-6-15-29-14-5-13-26(33,19-29)21-9-11-22(27)12-10-21/h2-4,7-12,20,33H,5-6,13-19H2,1H3. The van der Waals surface area contributed by atoms with E-state index in [1.54, 1.807) is 11.9 Å². The van der Waals surface area contributed by atoms with E-state index in [1.807, 2.05) is 59.5 Å². The fourth-order valence-corrected chi connectivity index (χ4v) is 5.11. The molecule has 2 aliphatic rings. The maximum atomic E-state index is 13.3. The van der Waals surface area contributed by atoms with Gasteiger partial charge in [0.2, 0.25) is 11.8 Å². The monoisotopic (exact) mass is 469 g/mol. The molecule has 0 spiro atoms. The smallest absolute Gasteiger partial charge is 0.232 e. The molecule has 2 aromatic carbocycles. The van der Waals surface area contributed by atoms with Crippen LogP contribution in [0.1, 0.15) is 31.2 Å². The molecule has 2 atom stereocenters. The molecule has 0 radical (unpaired) electrons. The van der Waals surface area contributed by atoms with Gasteiger partial charge in [-0.3, -0.25) is 9.59 Å². The number of piperidine rings is 1. The lowest BCUT2D eigenvalue weighted by atomic mass is 9.85. The summed E-state index contributed by atoms with van der Waals surface area (Å²) < 4.78 is 0. The summed E-state index contributed by atoms with van der Waals surface area (Å²) in [5, 5.41) is 11.9. The van der Waals surface area contributed by atoms with Crippen molar-refractivity contribution in [2.45, 2.75) is 31.3 Å². The van der Waals surface area contributed by atoms with E-state index in [-0.39, 0.29) is 24.2 Å². The van der Waals surface area contributed by atoms with Gasteiger partial charge in [-0.2, -0.15) is 0 Å². The number of rotatable bonds is 7. The van der Waals surface area contributed by atoms with Crippen LogP contribution in [0.15, 0.2) is 54.6 Å². The van der Waals surface area contributed by atoms with Crippen molar-refractivity contribution in [2.24, 2.45) is 5.92 Å². The van der Waals surface area contributed by atoms with Crippen LogP contribution in [0.2, 0.25) is 5.02 Å². The summed E-state index contributed by atoms with van der Waals surface area (Å²) in [6, 6.07) is 17.1. The Morgan fingerprint density at radius 1 is 1.18 bits per heavy atom. The number of anilines is 1. The summed E-state index contributed by atoms with van der Waals surface area (Å²) >= 11 is 6.02.